The fraction of sp³-hybridized carbons (Fsp3) is 0.185. The van der Waals surface area contributed by atoms with Crippen LogP contribution in [0, 0.1) is 0 Å². The van der Waals surface area contributed by atoms with Crippen molar-refractivity contribution in [3.05, 3.63) is 99.6 Å². The minimum atomic E-state index is -1.31. The van der Waals surface area contributed by atoms with E-state index in [4.69, 9.17) is 16.3 Å². The van der Waals surface area contributed by atoms with E-state index in [1.165, 1.54) is 4.57 Å². The van der Waals surface area contributed by atoms with Gasteiger partial charge in [0.1, 0.15) is 11.9 Å². The van der Waals surface area contributed by atoms with Crippen molar-refractivity contribution in [2.24, 2.45) is 0 Å². The molecule has 0 radical (unpaired) electrons. The number of nitrogens with zero attached hydrogens (tertiary/aromatic N) is 2. The summed E-state index contributed by atoms with van der Waals surface area (Å²) in [6.07, 6.45) is -1.31. The maximum absolute atomic E-state index is 13.8. The van der Waals surface area contributed by atoms with Crippen molar-refractivity contribution in [1.82, 2.24) is 20.2 Å². The van der Waals surface area contributed by atoms with E-state index in [1.54, 1.807) is 49.4 Å². The van der Waals surface area contributed by atoms with Crippen LogP contribution < -0.4 is 21.5 Å². The topological polar surface area (TPSA) is 135 Å². The monoisotopic (exact) mass is 535 g/mol. The highest BCUT2D eigenvalue weighted by Gasteiger charge is 2.24. The van der Waals surface area contributed by atoms with Gasteiger partial charge < -0.3 is 25.8 Å². The number of carbonyl (C=O) groups is 2. The molecule has 0 spiro atoms. The summed E-state index contributed by atoms with van der Waals surface area (Å²) in [6.45, 7) is 2.36. The van der Waals surface area contributed by atoms with Crippen LogP contribution in [0.3, 0.4) is 0 Å². The van der Waals surface area contributed by atoms with Crippen molar-refractivity contribution >= 4 is 40.3 Å². The summed E-state index contributed by atoms with van der Waals surface area (Å²) < 4.78 is 7.12. The molecule has 4 N–H and O–H groups in total. The fourth-order valence-corrected chi connectivity index (χ4v) is 4.20. The summed E-state index contributed by atoms with van der Waals surface area (Å²) in [5.41, 5.74) is 1.50. The molecule has 1 aromatic heterocycles. The molecule has 11 heteroatoms. The summed E-state index contributed by atoms with van der Waals surface area (Å²) in [6, 6.07) is 19.4. The number of urea groups is 1. The Bertz CT molecular complexity index is 1510. The van der Waals surface area contributed by atoms with Gasteiger partial charge in [-0.25, -0.2) is 14.6 Å². The van der Waals surface area contributed by atoms with Gasteiger partial charge in [-0.2, -0.15) is 0 Å². The molecule has 3 aromatic carbocycles. The number of nitrogens with one attached hydrogen (secondary N) is 3. The van der Waals surface area contributed by atoms with Crippen molar-refractivity contribution in [2.75, 3.05) is 18.5 Å². The third-order valence-electron chi connectivity index (χ3n) is 5.58. The molecule has 1 unspecified atom stereocenters. The second kappa shape index (κ2) is 12.2. The van der Waals surface area contributed by atoms with Crippen molar-refractivity contribution < 1.29 is 19.4 Å². The Balaban J connectivity index is 1.81. The Morgan fingerprint density at radius 1 is 1.08 bits per heavy atom. The number of halogens is 1. The Hall–Kier alpha value is -4.41. The van der Waals surface area contributed by atoms with Gasteiger partial charge in [0.2, 0.25) is 0 Å². The van der Waals surface area contributed by atoms with E-state index in [-0.39, 0.29) is 29.4 Å². The van der Waals surface area contributed by atoms with E-state index < -0.39 is 23.7 Å². The van der Waals surface area contributed by atoms with Gasteiger partial charge in [-0.1, -0.05) is 54.1 Å². The van der Waals surface area contributed by atoms with Crippen LogP contribution in [0.15, 0.2) is 77.6 Å². The lowest BCUT2D eigenvalue weighted by Gasteiger charge is -2.22. The number of aromatic nitrogens is 2. The van der Waals surface area contributed by atoms with Crippen molar-refractivity contribution in [2.45, 2.75) is 19.6 Å². The largest absolute Gasteiger partial charge is 0.465 e. The molecule has 10 nitrogen and oxygen atoms in total. The highest BCUT2D eigenvalue weighted by atomic mass is 35.5. The van der Waals surface area contributed by atoms with Gasteiger partial charge in [0.25, 0.3) is 5.56 Å². The molecule has 0 aliphatic carbocycles. The molecular weight excluding hydrogens is 510 g/mol. The number of carboxylic acid groups (broad SMARTS) is 1. The van der Waals surface area contributed by atoms with E-state index >= 15 is 0 Å². The van der Waals surface area contributed by atoms with E-state index in [9.17, 15) is 19.5 Å². The normalized spacial score (nSPS) is 11.6. The highest BCUT2D eigenvalue weighted by Crippen LogP contribution is 2.24. The van der Waals surface area contributed by atoms with Crippen LogP contribution in [0.1, 0.15) is 24.4 Å². The summed E-state index contributed by atoms with van der Waals surface area (Å²) in [4.78, 5) is 42.3. The lowest BCUT2D eigenvalue weighted by atomic mass is 10.2. The second-order valence-corrected chi connectivity index (χ2v) is 8.69. The van der Waals surface area contributed by atoms with Crippen LogP contribution in [0.4, 0.5) is 15.3 Å². The molecule has 0 saturated carbocycles. The third-order valence-corrected chi connectivity index (χ3v) is 5.89. The predicted molar refractivity (Wildman–Crippen MR) is 145 cm³/mol. The van der Waals surface area contributed by atoms with E-state index in [0.717, 1.165) is 5.56 Å². The molecule has 4 aromatic rings. The number of amides is 3. The van der Waals surface area contributed by atoms with Crippen LogP contribution in [-0.4, -0.2) is 39.9 Å². The smallest absolute Gasteiger partial charge is 0.405 e. The summed E-state index contributed by atoms with van der Waals surface area (Å²) >= 11 is 6.37. The first-order chi connectivity index (χ1) is 18.4. The number of anilines is 1. The van der Waals surface area contributed by atoms with Gasteiger partial charge in [-0.15, -0.1) is 0 Å². The molecule has 0 aliphatic rings. The Kier molecular flexibility index (Phi) is 8.57. The van der Waals surface area contributed by atoms with E-state index in [0.29, 0.717) is 23.4 Å². The Labute approximate surface area is 223 Å². The average molecular weight is 536 g/mol. The number of hydrogen-bond donors (Lipinski definition) is 4. The molecule has 1 atom stereocenters. The van der Waals surface area contributed by atoms with Gasteiger partial charge >= 0.3 is 12.1 Å². The summed E-state index contributed by atoms with van der Waals surface area (Å²) in [7, 11) is 0. The van der Waals surface area contributed by atoms with Gasteiger partial charge in [-0.3, -0.25) is 9.36 Å². The van der Waals surface area contributed by atoms with Crippen molar-refractivity contribution in [1.29, 1.82) is 0 Å². The van der Waals surface area contributed by atoms with Crippen LogP contribution in [0.5, 0.6) is 0 Å². The van der Waals surface area contributed by atoms with Crippen molar-refractivity contribution in [3.8, 4) is 5.69 Å². The summed E-state index contributed by atoms with van der Waals surface area (Å²) in [5.74, 6) is 0.107. The average Bonchev–Trinajstić information content (AvgIpc) is 2.88. The van der Waals surface area contributed by atoms with Crippen LogP contribution in [0.2, 0.25) is 5.02 Å². The summed E-state index contributed by atoms with van der Waals surface area (Å²) in [5, 5.41) is 17.7. The molecule has 38 heavy (non-hydrogen) atoms. The molecule has 3 amide bonds. The van der Waals surface area contributed by atoms with Crippen LogP contribution in [-0.2, 0) is 11.3 Å². The minimum Gasteiger partial charge on any atom is -0.465 e. The first-order valence-electron chi connectivity index (χ1n) is 11.8. The number of rotatable bonds is 9. The molecule has 0 saturated heterocycles. The van der Waals surface area contributed by atoms with Gasteiger partial charge in [0.15, 0.2) is 0 Å². The minimum absolute atomic E-state index is 0.101. The van der Waals surface area contributed by atoms with Gasteiger partial charge in [0, 0.05) is 12.2 Å². The first-order valence-corrected chi connectivity index (χ1v) is 12.2. The lowest BCUT2D eigenvalue weighted by Crippen LogP contribution is -2.36. The Morgan fingerprint density at radius 2 is 1.84 bits per heavy atom. The molecule has 196 valence electrons. The molecule has 0 fully saturated rings. The van der Waals surface area contributed by atoms with Gasteiger partial charge in [0.05, 0.1) is 34.8 Å². The number of fused-ring (bicyclic) bond motifs is 1. The van der Waals surface area contributed by atoms with Crippen LogP contribution in [0.25, 0.3) is 16.6 Å². The zero-order valence-electron chi connectivity index (χ0n) is 20.5. The fourth-order valence-electron chi connectivity index (χ4n) is 3.95. The highest BCUT2D eigenvalue weighted by molar-refractivity contribution is 6.35. The molecule has 0 bridgehead atoms. The third kappa shape index (κ3) is 6.28. The maximum Gasteiger partial charge on any atom is 0.405 e. The zero-order chi connectivity index (χ0) is 27.1. The molecule has 1 heterocycles. The number of ether oxygens (including phenoxy) is 1. The second-order valence-electron chi connectivity index (χ2n) is 8.28. The SMILES string of the molecule is CCNC(=O)Nc1cccc(-n2c(C(COCc3ccccc3)NC(=O)O)nc3cccc(Cl)c3c2=O)c1. The van der Waals surface area contributed by atoms with E-state index in [2.05, 4.69) is 20.9 Å². The number of hydrogen-bond acceptors (Lipinski definition) is 5. The molecule has 0 aliphatic heterocycles. The Morgan fingerprint density at radius 3 is 2.58 bits per heavy atom. The number of benzene rings is 3. The van der Waals surface area contributed by atoms with Gasteiger partial charge in [-0.05, 0) is 42.8 Å². The first kappa shape index (κ1) is 26.6. The van der Waals surface area contributed by atoms with Crippen LogP contribution >= 0.6 is 11.6 Å². The van der Waals surface area contributed by atoms with Crippen molar-refractivity contribution in [3.63, 3.8) is 0 Å². The maximum atomic E-state index is 13.8. The molecule has 4 rings (SSSR count). The zero-order valence-corrected chi connectivity index (χ0v) is 21.2. The standard InChI is InChI=1S/C27H26ClN5O5/c1-2-29-26(35)30-18-10-6-11-19(14-18)33-24(31-21-13-7-12-20(28)23(21)25(33)34)22(32-27(36)37)16-38-15-17-8-4-3-5-9-17/h3-14,22,32H,2,15-16H2,1H3,(H,36,37)(H2,29,30,35). The quantitative estimate of drug-likeness (QED) is 0.245. The predicted octanol–water partition coefficient (Wildman–Crippen LogP) is 4.71. The number of carbonyl (C=O) groups excluding carboxylic acids is 1. The molecular formula is C27H26ClN5O5. The van der Waals surface area contributed by atoms with E-state index in [1.807, 2.05) is 30.3 Å². The lowest BCUT2D eigenvalue weighted by molar-refractivity contribution is 0.0937.